The highest BCUT2D eigenvalue weighted by Crippen LogP contribution is 2.19. The minimum atomic E-state index is -3.12. The summed E-state index contributed by atoms with van der Waals surface area (Å²) in [6.45, 7) is 0.876. The smallest absolute Gasteiger partial charge is 0.208 e. The van der Waals surface area contributed by atoms with Gasteiger partial charge in [-0.1, -0.05) is 0 Å². The van der Waals surface area contributed by atoms with Crippen molar-refractivity contribution in [3.63, 3.8) is 0 Å². The highest BCUT2D eigenvalue weighted by Gasteiger charge is 2.03. The van der Waals surface area contributed by atoms with Gasteiger partial charge in [0.25, 0.3) is 0 Å². The van der Waals surface area contributed by atoms with Crippen LogP contribution in [0.25, 0.3) is 11.3 Å². The van der Waals surface area contributed by atoms with Crippen molar-refractivity contribution in [3.8, 4) is 11.3 Å². The number of rotatable bonds is 5. The van der Waals surface area contributed by atoms with Crippen LogP contribution in [0.5, 0.6) is 0 Å². The largest absolute Gasteiger partial charge is 0.271 e. The second kappa shape index (κ2) is 4.99. The van der Waals surface area contributed by atoms with E-state index in [1.165, 1.54) is 0 Å². The zero-order chi connectivity index (χ0) is 12.3. The van der Waals surface area contributed by atoms with E-state index in [1.807, 2.05) is 29.1 Å². The minimum Gasteiger partial charge on any atom is -0.271 e. The fourth-order valence-electron chi connectivity index (χ4n) is 1.40. The molecule has 0 saturated heterocycles. The van der Waals surface area contributed by atoms with Crippen LogP contribution < -0.4 is 4.72 Å². The predicted molar refractivity (Wildman–Crippen MR) is 68.4 cm³/mol. The van der Waals surface area contributed by atoms with Gasteiger partial charge in [-0.3, -0.25) is 4.68 Å². The fourth-order valence-corrected chi connectivity index (χ4v) is 2.51. The number of nitrogens with zero attached hydrogens (tertiary/aromatic N) is 2. The van der Waals surface area contributed by atoms with E-state index in [-0.39, 0.29) is 0 Å². The molecule has 2 rings (SSSR count). The highest BCUT2D eigenvalue weighted by atomic mass is 32.2. The Bertz CT molecular complexity index is 572. The first kappa shape index (κ1) is 12.3. The van der Waals surface area contributed by atoms with Crippen LogP contribution in [-0.2, 0) is 16.6 Å². The molecule has 0 radical (unpaired) electrons. The highest BCUT2D eigenvalue weighted by molar-refractivity contribution is 7.88. The van der Waals surface area contributed by atoms with E-state index in [2.05, 4.69) is 9.82 Å². The lowest BCUT2D eigenvalue weighted by atomic mass is 10.2. The van der Waals surface area contributed by atoms with Gasteiger partial charge in [0.2, 0.25) is 10.0 Å². The van der Waals surface area contributed by atoms with Gasteiger partial charge in [0.1, 0.15) is 0 Å². The summed E-state index contributed by atoms with van der Waals surface area (Å²) in [6.07, 6.45) is 2.99. The van der Waals surface area contributed by atoms with Crippen molar-refractivity contribution in [2.75, 3.05) is 12.8 Å². The van der Waals surface area contributed by atoms with E-state index < -0.39 is 10.0 Å². The van der Waals surface area contributed by atoms with Gasteiger partial charge in [-0.15, -0.1) is 0 Å². The molecule has 0 aromatic carbocycles. The summed E-state index contributed by atoms with van der Waals surface area (Å²) in [4.78, 5) is 0. The van der Waals surface area contributed by atoms with Crippen LogP contribution in [-0.4, -0.2) is 31.0 Å². The van der Waals surface area contributed by atoms with Crippen molar-refractivity contribution >= 4 is 21.4 Å². The van der Waals surface area contributed by atoms with Crippen molar-refractivity contribution < 1.29 is 8.42 Å². The maximum Gasteiger partial charge on any atom is 0.208 e. The monoisotopic (exact) mass is 271 g/mol. The van der Waals surface area contributed by atoms with E-state index in [9.17, 15) is 8.42 Å². The Morgan fingerprint density at radius 3 is 2.94 bits per heavy atom. The van der Waals surface area contributed by atoms with Gasteiger partial charge in [0.15, 0.2) is 0 Å². The maximum atomic E-state index is 10.9. The molecule has 0 bridgehead atoms. The van der Waals surface area contributed by atoms with E-state index in [0.717, 1.165) is 17.5 Å². The number of aromatic nitrogens is 2. The SMILES string of the molecule is CS(=O)(=O)NCCn1ccc(-c2ccsc2)n1. The molecule has 17 heavy (non-hydrogen) atoms. The zero-order valence-corrected chi connectivity index (χ0v) is 11.0. The average Bonchev–Trinajstić information content (AvgIpc) is 2.83. The van der Waals surface area contributed by atoms with Crippen molar-refractivity contribution in [1.82, 2.24) is 14.5 Å². The molecule has 2 aromatic rings. The molecule has 2 heterocycles. The predicted octanol–water partition coefficient (Wildman–Crippen LogP) is 1.16. The first-order valence-electron chi connectivity index (χ1n) is 5.05. The molecule has 5 nitrogen and oxygen atoms in total. The third-order valence-corrected chi connectivity index (χ3v) is 3.57. The van der Waals surface area contributed by atoms with Crippen molar-refractivity contribution in [2.24, 2.45) is 0 Å². The van der Waals surface area contributed by atoms with Crippen LogP contribution in [0.4, 0.5) is 0 Å². The van der Waals surface area contributed by atoms with Crippen LogP contribution in [0.2, 0.25) is 0 Å². The average molecular weight is 271 g/mol. The van der Waals surface area contributed by atoms with Gasteiger partial charge in [-0.2, -0.15) is 16.4 Å². The lowest BCUT2D eigenvalue weighted by Gasteiger charge is -2.02. The number of sulfonamides is 1. The van der Waals surface area contributed by atoms with E-state index in [4.69, 9.17) is 0 Å². The molecular formula is C10H13N3O2S2. The molecule has 92 valence electrons. The third kappa shape index (κ3) is 3.65. The molecule has 0 fully saturated rings. The Labute approximate surface area is 104 Å². The molecule has 0 saturated carbocycles. The number of nitrogens with one attached hydrogen (secondary N) is 1. The standard InChI is InChI=1S/C10H13N3O2S2/c1-17(14,15)11-4-6-13-5-2-10(12-13)9-3-7-16-8-9/h2-3,5,7-8,11H,4,6H2,1H3. The molecule has 0 spiro atoms. The van der Waals surface area contributed by atoms with Crippen molar-refractivity contribution in [1.29, 1.82) is 0 Å². The van der Waals surface area contributed by atoms with Crippen LogP contribution in [0.1, 0.15) is 0 Å². The molecule has 0 atom stereocenters. The normalized spacial score (nSPS) is 11.8. The summed E-state index contributed by atoms with van der Waals surface area (Å²) >= 11 is 1.62. The molecule has 2 aromatic heterocycles. The summed E-state index contributed by atoms with van der Waals surface area (Å²) in [6, 6.07) is 3.93. The third-order valence-electron chi connectivity index (χ3n) is 2.16. The van der Waals surface area contributed by atoms with Gasteiger partial charge in [-0.05, 0) is 17.5 Å². The topological polar surface area (TPSA) is 64.0 Å². The summed E-state index contributed by atoms with van der Waals surface area (Å²) in [7, 11) is -3.12. The van der Waals surface area contributed by atoms with Gasteiger partial charge in [0.05, 0.1) is 18.5 Å². The van der Waals surface area contributed by atoms with Crippen LogP contribution in [0, 0.1) is 0 Å². The molecule has 0 aliphatic rings. The molecule has 0 unspecified atom stereocenters. The first-order valence-corrected chi connectivity index (χ1v) is 7.89. The van der Waals surface area contributed by atoms with E-state index in [1.54, 1.807) is 16.0 Å². The van der Waals surface area contributed by atoms with Gasteiger partial charge < -0.3 is 0 Å². The number of thiophene rings is 1. The zero-order valence-electron chi connectivity index (χ0n) is 9.33. The summed E-state index contributed by atoms with van der Waals surface area (Å²) in [5.74, 6) is 0. The second-order valence-corrected chi connectivity index (χ2v) is 6.26. The molecule has 0 amide bonds. The Balaban J connectivity index is 1.95. The van der Waals surface area contributed by atoms with Gasteiger partial charge in [0, 0.05) is 23.7 Å². The lowest BCUT2D eigenvalue weighted by molar-refractivity contribution is 0.566. The Morgan fingerprint density at radius 1 is 1.47 bits per heavy atom. The summed E-state index contributed by atoms with van der Waals surface area (Å²) in [5.41, 5.74) is 2.00. The van der Waals surface area contributed by atoms with E-state index >= 15 is 0 Å². The quantitative estimate of drug-likeness (QED) is 0.887. The Morgan fingerprint density at radius 2 is 2.29 bits per heavy atom. The summed E-state index contributed by atoms with van der Waals surface area (Å²) < 4.78 is 25.9. The van der Waals surface area contributed by atoms with Crippen LogP contribution >= 0.6 is 11.3 Å². The maximum absolute atomic E-state index is 10.9. The molecule has 0 aliphatic heterocycles. The number of hydrogen-bond acceptors (Lipinski definition) is 4. The first-order chi connectivity index (χ1) is 8.04. The molecular weight excluding hydrogens is 258 g/mol. The van der Waals surface area contributed by atoms with Crippen molar-refractivity contribution in [3.05, 3.63) is 29.1 Å². The van der Waals surface area contributed by atoms with Crippen LogP contribution in [0.3, 0.4) is 0 Å². The lowest BCUT2D eigenvalue weighted by Crippen LogP contribution is -2.26. The van der Waals surface area contributed by atoms with Crippen LogP contribution in [0.15, 0.2) is 29.1 Å². The minimum absolute atomic E-state index is 0.351. The molecule has 1 N–H and O–H groups in total. The van der Waals surface area contributed by atoms with Gasteiger partial charge >= 0.3 is 0 Å². The van der Waals surface area contributed by atoms with E-state index in [0.29, 0.717) is 13.1 Å². The van der Waals surface area contributed by atoms with Crippen molar-refractivity contribution in [2.45, 2.75) is 6.54 Å². The summed E-state index contributed by atoms with van der Waals surface area (Å²) in [5, 5.41) is 8.39. The van der Waals surface area contributed by atoms with Gasteiger partial charge in [-0.25, -0.2) is 13.1 Å². The Kier molecular flexibility index (Phi) is 3.60. The molecule has 0 aliphatic carbocycles. The second-order valence-electron chi connectivity index (χ2n) is 3.64. The fraction of sp³-hybridized carbons (Fsp3) is 0.300. The Hall–Kier alpha value is -1.18. The molecule has 7 heteroatoms. The number of hydrogen-bond donors (Lipinski definition) is 1.